The number of alkyl halides is 2. The molecule has 2 unspecified atom stereocenters. The van der Waals surface area contributed by atoms with E-state index in [4.69, 9.17) is 16.5 Å². The van der Waals surface area contributed by atoms with E-state index in [9.17, 15) is 18.0 Å². The first kappa shape index (κ1) is 22.9. The van der Waals surface area contributed by atoms with Gasteiger partial charge in [-0.3, -0.25) is 4.79 Å². The van der Waals surface area contributed by atoms with E-state index in [1.807, 2.05) is 17.0 Å². The molecular formula is C23H25F3N6OS. The first-order valence-corrected chi connectivity index (χ1v) is 11.9. The topological polar surface area (TPSA) is 110 Å². The average molecular weight is 491 g/mol. The number of fused-ring (bicyclic) bond motifs is 2. The average Bonchev–Trinajstić information content (AvgIpc) is 3.35. The van der Waals surface area contributed by atoms with E-state index in [1.54, 1.807) is 6.92 Å². The van der Waals surface area contributed by atoms with Gasteiger partial charge in [0.25, 0.3) is 12.3 Å². The number of nitrogens with one attached hydrogen (secondary N) is 1. The summed E-state index contributed by atoms with van der Waals surface area (Å²) in [4.78, 5) is 24.5. The number of rotatable bonds is 4. The highest BCUT2D eigenvalue weighted by molar-refractivity contribution is 7.21. The quantitative estimate of drug-likeness (QED) is 0.518. The molecule has 2 aliphatic rings. The van der Waals surface area contributed by atoms with Gasteiger partial charge in [-0.25, -0.2) is 23.1 Å². The lowest BCUT2D eigenvalue weighted by molar-refractivity contribution is 0.0655. The van der Waals surface area contributed by atoms with Gasteiger partial charge in [-0.2, -0.15) is 0 Å². The molecule has 0 radical (unpaired) electrons. The molecule has 1 amide bonds. The summed E-state index contributed by atoms with van der Waals surface area (Å²) >= 11 is 1.15. The third-order valence-electron chi connectivity index (χ3n) is 6.73. The molecule has 0 bridgehead atoms. The molecule has 1 aliphatic carbocycles. The van der Waals surface area contributed by atoms with Gasteiger partial charge in [0.2, 0.25) is 0 Å². The van der Waals surface area contributed by atoms with Crippen LogP contribution in [0.2, 0.25) is 0 Å². The van der Waals surface area contributed by atoms with Gasteiger partial charge < -0.3 is 21.7 Å². The summed E-state index contributed by atoms with van der Waals surface area (Å²) in [5.74, 6) is -0.109. The molecule has 34 heavy (non-hydrogen) atoms. The maximum atomic E-state index is 13.9. The Morgan fingerprint density at radius 2 is 2.15 bits per heavy atom. The Morgan fingerprint density at radius 3 is 2.88 bits per heavy atom. The second kappa shape index (κ2) is 8.38. The highest BCUT2D eigenvalue weighted by Gasteiger charge is 2.43. The molecule has 180 valence electrons. The smallest absolute Gasteiger partial charge is 0.263 e. The molecule has 1 saturated heterocycles. The second-order valence-corrected chi connectivity index (χ2v) is 10.1. The SMILES string of the molecule is Cc1nc2sc(C(=O)NC3CCc4nc(N5CCC(N)(C(F)F)C5)ccc4C3)c(N)c2cc1F. The maximum absolute atomic E-state index is 13.9. The van der Waals surface area contributed by atoms with E-state index in [1.165, 1.54) is 6.07 Å². The highest BCUT2D eigenvalue weighted by atomic mass is 32.1. The maximum Gasteiger partial charge on any atom is 0.263 e. The summed E-state index contributed by atoms with van der Waals surface area (Å²) in [6.07, 6.45) is -0.418. The van der Waals surface area contributed by atoms with Crippen LogP contribution in [0.1, 0.15) is 39.5 Å². The number of nitrogens with zero attached hydrogens (tertiary/aromatic N) is 3. The molecule has 2 atom stereocenters. The Balaban J connectivity index is 1.28. The van der Waals surface area contributed by atoms with Crippen molar-refractivity contribution in [1.29, 1.82) is 0 Å². The monoisotopic (exact) mass is 490 g/mol. The van der Waals surface area contributed by atoms with Gasteiger partial charge in [0.15, 0.2) is 0 Å². The number of carbonyl (C=O) groups excluding carboxylic acids is 1. The van der Waals surface area contributed by atoms with Crippen LogP contribution in [0, 0.1) is 12.7 Å². The van der Waals surface area contributed by atoms with Gasteiger partial charge in [-0.1, -0.05) is 6.07 Å². The Kier molecular flexibility index (Phi) is 5.64. The van der Waals surface area contributed by atoms with Crippen molar-refractivity contribution in [1.82, 2.24) is 15.3 Å². The molecule has 5 rings (SSSR count). The Morgan fingerprint density at radius 1 is 1.35 bits per heavy atom. The molecule has 7 nitrogen and oxygen atoms in total. The fourth-order valence-corrected chi connectivity index (χ4v) is 5.68. The predicted molar refractivity (Wildman–Crippen MR) is 126 cm³/mol. The van der Waals surface area contributed by atoms with Crippen molar-refractivity contribution in [3.05, 3.63) is 45.8 Å². The van der Waals surface area contributed by atoms with Crippen molar-refractivity contribution in [3.8, 4) is 0 Å². The van der Waals surface area contributed by atoms with E-state index in [0.717, 1.165) is 22.6 Å². The number of carbonyl (C=O) groups is 1. The van der Waals surface area contributed by atoms with Crippen molar-refractivity contribution in [2.45, 2.75) is 50.6 Å². The second-order valence-electron chi connectivity index (χ2n) is 9.15. The van der Waals surface area contributed by atoms with Gasteiger partial charge in [0.1, 0.15) is 21.3 Å². The van der Waals surface area contributed by atoms with Crippen LogP contribution in [0.25, 0.3) is 10.2 Å². The first-order valence-electron chi connectivity index (χ1n) is 11.1. The minimum absolute atomic E-state index is 0.0734. The fourth-order valence-electron chi connectivity index (χ4n) is 4.65. The van der Waals surface area contributed by atoms with Crippen molar-refractivity contribution in [2.24, 2.45) is 5.73 Å². The molecule has 4 heterocycles. The zero-order valence-electron chi connectivity index (χ0n) is 18.6. The highest BCUT2D eigenvalue weighted by Crippen LogP contribution is 2.34. The molecule has 3 aromatic rings. The number of halogens is 3. The van der Waals surface area contributed by atoms with Crippen molar-refractivity contribution >= 4 is 39.0 Å². The summed E-state index contributed by atoms with van der Waals surface area (Å²) in [7, 11) is 0. The van der Waals surface area contributed by atoms with Crippen molar-refractivity contribution < 1.29 is 18.0 Å². The number of nitrogens with two attached hydrogens (primary N) is 2. The van der Waals surface area contributed by atoms with Crippen molar-refractivity contribution in [3.63, 3.8) is 0 Å². The Bertz CT molecular complexity index is 1280. The first-order chi connectivity index (χ1) is 16.1. The number of hydrogen-bond acceptors (Lipinski definition) is 7. The zero-order valence-corrected chi connectivity index (χ0v) is 19.4. The van der Waals surface area contributed by atoms with Gasteiger partial charge >= 0.3 is 0 Å². The van der Waals surface area contributed by atoms with Gasteiger partial charge in [-0.15, -0.1) is 11.3 Å². The van der Waals surface area contributed by atoms with Crippen LogP contribution < -0.4 is 21.7 Å². The van der Waals surface area contributed by atoms with E-state index < -0.39 is 17.8 Å². The van der Waals surface area contributed by atoms with Crippen LogP contribution >= 0.6 is 11.3 Å². The number of amides is 1. The number of aryl methyl sites for hydroxylation is 2. The largest absolute Gasteiger partial charge is 0.397 e. The van der Waals surface area contributed by atoms with Gasteiger partial charge in [0.05, 0.1) is 16.9 Å². The minimum Gasteiger partial charge on any atom is -0.397 e. The van der Waals surface area contributed by atoms with Crippen molar-refractivity contribution in [2.75, 3.05) is 23.7 Å². The summed E-state index contributed by atoms with van der Waals surface area (Å²) in [6.45, 7) is 2.09. The van der Waals surface area contributed by atoms with Gasteiger partial charge in [-0.05, 0) is 50.3 Å². The van der Waals surface area contributed by atoms with Crippen LogP contribution in [0.5, 0.6) is 0 Å². The molecule has 0 aromatic carbocycles. The number of hydrogen-bond donors (Lipinski definition) is 3. The minimum atomic E-state index is -2.58. The summed E-state index contributed by atoms with van der Waals surface area (Å²) < 4.78 is 40.4. The standard InChI is InChI=1S/C23H25F3N6OS/c1-11-15(24)9-14-18(27)19(34-21(14)29-11)20(33)30-13-3-4-16-12(8-13)2-5-17(31-16)32-7-6-23(28,10-32)22(25)26/h2,5,9,13,22H,3-4,6-8,10,27-28H2,1H3,(H,30,33). The van der Waals surface area contributed by atoms with Crippen LogP contribution in [-0.4, -0.2) is 47.0 Å². The number of anilines is 2. The van der Waals surface area contributed by atoms with E-state index in [0.29, 0.717) is 46.7 Å². The molecule has 0 spiro atoms. The number of thiophene rings is 1. The molecule has 0 saturated carbocycles. The van der Waals surface area contributed by atoms with Gasteiger partial charge in [0, 0.05) is 30.2 Å². The summed E-state index contributed by atoms with van der Waals surface area (Å²) in [5.41, 5.74) is 12.9. The van der Waals surface area contributed by atoms with Crippen LogP contribution in [0.15, 0.2) is 18.2 Å². The number of pyridine rings is 2. The van der Waals surface area contributed by atoms with E-state index in [-0.39, 0.29) is 36.3 Å². The van der Waals surface area contributed by atoms with Crippen LogP contribution in [-0.2, 0) is 12.8 Å². The number of aromatic nitrogens is 2. The van der Waals surface area contributed by atoms with Crippen LogP contribution in [0.4, 0.5) is 24.7 Å². The fraction of sp³-hybridized carbons (Fsp3) is 0.435. The molecule has 3 aromatic heterocycles. The summed E-state index contributed by atoms with van der Waals surface area (Å²) in [6, 6.07) is 4.98. The molecule has 1 aliphatic heterocycles. The van der Waals surface area contributed by atoms with E-state index in [2.05, 4.69) is 10.3 Å². The molecule has 1 fully saturated rings. The Labute approximate surface area is 198 Å². The van der Waals surface area contributed by atoms with Crippen LogP contribution in [0.3, 0.4) is 0 Å². The number of nitrogen functional groups attached to an aromatic ring is 1. The molecule has 11 heteroatoms. The summed E-state index contributed by atoms with van der Waals surface area (Å²) in [5, 5.41) is 3.48. The zero-order chi connectivity index (χ0) is 24.2. The lowest BCUT2D eigenvalue weighted by atomic mass is 9.91. The third kappa shape index (κ3) is 3.96. The molecule has 5 N–H and O–H groups in total. The molecular weight excluding hydrogens is 465 g/mol. The lowest BCUT2D eigenvalue weighted by Crippen LogP contribution is -2.49. The third-order valence-corrected chi connectivity index (χ3v) is 7.85. The lowest BCUT2D eigenvalue weighted by Gasteiger charge is -2.27. The van der Waals surface area contributed by atoms with E-state index >= 15 is 0 Å². The Hall–Kier alpha value is -2.92. The predicted octanol–water partition coefficient (Wildman–Crippen LogP) is 3.18. The normalized spacial score (nSPS) is 22.4.